The summed E-state index contributed by atoms with van der Waals surface area (Å²) in [5, 5.41) is 9.04. The first-order valence-electron chi connectivity index (χ1n) is 9.09. The van der Waals surface area contributed by atoms with E-state index in [9.17, 15) is 14.4 Å². The molecule has 0 bridgehead atoms. The number of hydrogen-bond acceptors (Lipinski definition) is 6. The zero-order chi connectivity index (χ0) is 20.1. The summed E-state index contributed by atoms with van der Waals surface area (Å²) in [5.74, 6) is -0.775. The number of amides is 2. The molecule has 0 aliphatic carbocycles. The van der Waals surface area contributed by atoms with Crippen LogP contribution in [-0.2, 0) is 14.3 Å². The van der Waals surface area contributed by atoms with E-state index in [1.165, 1.54) is 6.07 Å². The van der Waals surface area contributed by atoms with Gasteiger partial charge in [0.2, 0.25) is 11.8 Å². The largest absolute Gasteiger partial charge is 0.492 e. The SMILES string of the molecule is CCOC(=O)c1cc(NC(=O)[C@@H]2CC(=O)N(c3ccccc3OCC)C2)n[nH]1. The fourth-order valence-corrected chi connectivity index (χ4v) is 3.00. The number of anilines is 2. The number of hydrogen-bond donors (Lipinski definition) is 2. The maximum atomic E-state index is 12.6. The standard InChI is InChI=1S/C19H22N4O5/c1-3-27-15-8-6-5-7-14(15)23-11-12(9-17(23)24)18(25)20-16-10-13(21-22-16)19(26)28-4-2/h5-8,10,12H,3-4,9,11H2,1-2H3,(H2,20,21,22,25)/t12-/m1/s1. The summed E-state index contributed by atoms with van der Waals surface area (Å²) < 4.78 is 10.4. The third-order valence-electron chi connectivity index (χ3n) is 4.28. The molecule has 2 aromatic rings. The van der Waals surface area contributed by atoms with Crippen molar-refractivity contribution in [2.24, 2.45) is 5.92 Å². The van der Waals surface area contributed by atoms with Gasteiger partial charge in [-0.3, -0.25) is 14.7 Å². The van der Waals surface area contributed by atoms with E-state index in [2.05, 4.69) is 15.5 Å². The summed E-state index contributed by atoms with van der Waals surface area (Å²) in [7, 11) is 0. The minimum Gasteiger partial charge on any atom is -0.492 e. The summed E-state index contributed by atoms with van der Waals surface area (Å²) in [6.45, 7) is 4.52. The van der Waals surface area contributed by atoms with Gasteiger partial charge in [-0.15, -0.1) is 0 Å². The second-order valence-electron chi connectivity index (χ2n) is 6.18. The maximum absolute atomic E-state index is 12.6. The van der Waals surface area contributed by atoms with Gasteiger partial charge in [0.25, 0.3) is 0 Å². The smallest absolute Gasteiger partial charge is 0.356 e. The van der Waals surface area contributed by atoms with Crippen LogP contribution in [-0.4, -0.2) is 47.7 Å². The molecule has 1 aliphatic heterocycles. The molecule has 9 nitrogen and oxygen atoms in total. The summed E-state index contributed by atoms with van der Waals surface area (Å²) in [4.78, 5) is 38.3. The average Bonchev–Trinajstić information content (AvgIpc) is 3.29. The van der Waals surface area contributed by atoms with Gasteiger partial charge in [0.1, 0.15) is 11.4 Å². The second kappa shape index (κ2) is 8.55. The molecule has 3 rings (SSSR count). The van der Waals surface area contributed by atoms with E-state index in [0.29, 0.717) is 18.0 Å². The number of esters is 1. The Morgan fingerprint density at radius 1 is 1.29 bits per heavy atom. The Hall–Kier alpha value is -3.36. The molecule has 2 N–H and O–H groups in total. The Kier molecular flexibility index (Phi) is 5.93. The van der Waals surface area contributed by atoms with Crippen LogP contribution in [0, 0.1) is 5.92 Å². The highest BCUT2D eigenvalue weighted by Crippen LogP contribution is 2.33. The van der Waals surface area contributed by atoms with Gasteiger partial charge in [0.05, 0.1) is 24.8 Å². The van der Waals surface area contributed by atoms with Crippen molar-refractivity contribution in [3.63, 3.8) is 0 Å². The minimum absolute atomic E-state index is 0.0848. The van der Waals surface area contributed by atoms with Crippen molar-refractivity contribution in [2.75, 3.05) is 30.0 Å². The molecule has 2 amide bonds. The van der Waals surface area contributed by atoms with Crippen LogP contribution in [0.1, 0.15) is 30.8 Å². The van der Waals surface area contributed by atoms with Gasteiger partial charge in [-0.2, -0.15) is 5.10 Å². The van der Waals surface area contributed by atoms with Crippen LogP contribution in [0.15, 0.2) is 30.3 Å². The predicted molar refractivity (Wildman–Crippen MR) is 101 cm³/mol. The molecule has 0 unspecified atom stereocenters. The Labute approximate surface area is 162 Å². The quantitative estimate of drug-likeness (QED) is 0.704. The fraction of sp³-hybridized carbons (Fsp3) is 0.368. The van der Waals surface area contributed by atoms with Crippen LogP contribution in [0.4, 0.5) is 11.5 Å². The number of ether oxygens (including phenoxy) is 2. The molecule has 2 heterocycles. The lowest BCUT2D eigenvalue weighted by Gasteiger charge is -2.20. The highest BCUT2D eigenvalue weighted by Gasteiger charge is 2.36. The van der Waals surface area contributed by atoms with E-state index in [-0.39, 0.29) is 42.9 Å². The normalized spacial score (nSPS) is 16.1. The van der Waals surface area contributed by atoms with Crippen molar-refractivity contribution >= 4 is 29.3 Å². The molecule has 1 fully saturated rings. The number of para-hydroxylation sites is 2. The number of rotatable bonds is 7. The Bertz CT molecular complexity index is 879. The topological polar surface area (TPSA) is 114 Å². The van der Waals surface area contributed by atoms with Crippen LogP contribution < -0.4 is 15.0 Å². The maximum Gasteiger partial charge on any atom is 0.356 e. The van der Waals surface area contributed by atoms with Gasteiger partial charge < -0.3 is 19.7 Å². The van der Waals surface area contributed by atoms with Crippen LogP contribution in [0.2, 0.25) is 0 Å². The van der Waals surface area contributed by atoms with Crippen molar-refractivity contribution in [3.8, 4) is 5.75 Å². The molecule has 28 heavy (non-hydrogen) atoms. The second-order valence-corrected chi connectivity index (χ2v) is 6.18. The number of H-pyrrole nitrogens is 1. The van der Waals surface area contributed by atoms with Crippen LogP contribution in [0.3, 0.4) is 0 Å². The molecule has 0 saturated carbocycles. The predicted octanol–water partition coefficient (Wildman–Crippen LogP) is 1.98. The van der Waals surface area contributed by atoms with Crippen molar-refractivity contribution in [1.82, 2.24) is 10.2 Å². The molecule has 1 aliphatic rings. The molecule has 1 aromatic carbocycles. The van der Waals surface area contributed by atoms with Crippen molar-refractivity contribution in [2.45, 2.75) is 20.3 Å². The fourth-order valence-electron chi connectivity index (χ4n) is 3.00. The van der Waals surface area contributed by atoms with Crippen LogP contribution >= 0.6 is 0 Å². The summed E-state index contributed by atoms with van der Waals surface area (Å²) in [6, 6.07) is 8.63. The molecule has 1 atom stereocenters. The molecule has 1 aromatic heterocycles. The van der Waals surface area contributed by atoms with Gasteiger partial charge in [-0.1, -0.05) is 12.1 Å². The van der Waals surface area contributed by atoms with Gasteiger partial charge in [-0.05, 0) is 26.0 Å². The van der Waals surface area contributed by atoms with E-state index in [4.69, 9.17) is 9.47 Å². The summed E-state index contributed by atoms with van der Waals surface area (Å²) in [5.41, 5.74) is 0.793. The highest BCUT2D eigenvalue weighted by atomic mass is 16.5. The van der Waals surface area contributed by atoms with Crippen LogP contribution in [0.25, 0.3) is 0 Å². The number of aromatic nitrogens is 2. The summed E-state index contributed by atoms with van der Waals surface area (Å²) >= 11 is 0. The van der Waals surface area contributed by atoms with Gasteiger partial charge in [-0.25, -0.2) is 4.79 Å². The van der Waals surface area contributed by atoms with E-state index in [1.807, 2.05) is 19.1 Å². The molecule has 0 spiro atoms. The first-order chi connectivity index (χ1) is 13.5. The molecule has 148 valence electrons. The summed E-state index contributed by atoms with van der Waals surface area (Å²) in [6.07, 6.45) is 0.0848. The van der Waals surface area contributed by atoms with E-state index < -0.39 is 11.9 Å². The third-order valence-corrected chi connectivity index (χ3v) is 4.28. The number of carbonyl (C=O) groups is 3. The highest BCUT2D eigenvalue weighted by molar-refractivity contribution is 6.04. The monoisotopic (exact) mass is 386 g/mol. The number of benzene rings is 1. The number of nitrogens with one attached hydrogen (secondary N) is 2. The Morgan fingerprint density at radius 2 is 2.07 bits per heavy atom. The molecule has 0 radical (unpaired) electrons. The van der Waals surface area contributed by atoms with Crippen molar-refractivity contribution < 1.29 is 23.9 Å². The zero-order valence-electron chi connectivity index (χ0n) is 15.7. The average molecular weight is 386 g/mol. The lowest BCUT2D eigenvalue weighted by molar-refractivity contribution is -0.122. The first-order valence-corrected chi connectivity index (χ1v) is 9.09. The molecule has 1 saturated heterocycles. The van der Waals surface area contributed by atoms with E-state index >= 15 is 0 Å². The van der Waals surface area contributed by atoms with Gasteiger partial charge in [0.15, 0.2) is 5.82 Å². The van der Waals surface area contributed by atoms with Crippen molar-refractivity contribution in [1.29, 1.82) is 0 Å². The Balaban J connectivity index is 1.67. The van der Waals surface area contributed by atoms with E-state index in [0.717, 1.165) is 0 Å². The first kappa shape index (κ1) is 19.4. The molecule has 9 heteroatoms. The number of carbonyl (C=O) groups excluding carboxylic acids is 3. The lowest BCUT2D eigenvalue weighted by atomic mass is 10.1. The minimum atomic E-state index is -0.551. The van der Waals surface area contributed by atoms with E-state index in [1.54, 1.807) is 24.0 Å². The van der Waals surface area contributed by atoms with Gasteiger partial charge >= 0.3 is 5.97 Å². The molecular formula is C19H22N4O5. The number of aromatic amines is 1. The van der Waals surface area contributed by atoms with Crippen LogP contribution in [0.5, 0.6) is 5.75 Å². The number of nitrogens with zero attached hydrogens (tertiary/aromatic N) is 2. The molecular weight excluding hydrogens is 364 g/mol. The van der Waals surface area contributed by atoms with Crippen molar-refractivity contribution in [3.05, 3.63) is 36.0 Å². The van der Waals surface area contributed by atoms with Gasteiger partial charge in [0, 0.05) is 19.0 Å². The lowest BCUT2D eigenvalue weighted by Crippen LogP contribution is -2.28. The zero-order valence-corrected chi connectivity index (χ0v) is 15.7. The third kappa shape index (κ3) is 4.13. The Morgan fingerprint density at radius 3 is 2.82 bits per heavy atom.